The zero-order chi connectivity index (χ0) is 18.8. The Morgan fingerprint density at radius 3 is 2.67 bits per heavy atom. The number of rotatable bonds is 3. The van der Waals surface area contributed by atoms with E-state index in [-0.39, 0.29) is 12.8 Å². The maximum atomic E-state index is 12.5. The van der Waals surface area contributed by atoms with Gasteiger partial charge in [-0.25, -0.2) is 4.79 Å². The molecule has 2 aromatic rings. The summed E-state index contributed by atoms with van der Waals surface area (Å²) in [5, 5.41) is 3.72. The zero-order valence-electron chi connectivity index (χ0n) is 15.2. The summed E-state index contributed by atoms with van der Waals surface area (Å²) in [4.78, 5) is 16.6. The minimum atomic E-state index is -0.0462. The number of aryl methyl sites for hydroxylation is 1. The van der Waals surface area contributed by atoms with Gasteiger partial charge in [-0.3, -0.25) is 0 Å². The lowest BCUT2D eigenvalue weighted by atomic mass is 10.1. The van der Waals surface area contributed by atoms with Gasteiger partial charge in [-0.1, -0.05) is 23.7 Å². The van der Waals surface area contributed by atoms with Crippen molar-refractivity contribution in [2.24, 2.45) is 0 Å². The predicted octanol–water partition coefficient (Wildman–Crippen LogP) is 3.41. The molecule has 0 atom stereocenters. The molecule has 2 aliphatic rings. The third-order valence-corrected chi connectivity index (χ3v) is 5.19. The third kappa shape index (κ3) is 3.90. The van der Waals surface area contributed by atoms with Gasteiger partial charge in [0.15, 0.2) is 11.5 Å². The Bertz CT molecular complexity index is 850. The largest absolute Gasteiger partial charge is 0.454 e. The summed E-state index contributed by atoms with van der Waals surface area (Å²) in [7, 11) is 0. The van der Waals surface area contributed by atoms with Crippen LogP contribution >= 0.6 is 11.6 Å². The number of urea groups is 1. The highest BCUT2D eigenvalue weighted by atomic mass is 35.5. The van der Waals surface area contributed by atoms with Gasteiger partial charge in [-0.2, -0.15) is 0 Å². The molecule has 0 bridgehead atoms. The van der Waals surface area contributed by atoms with Gasteiger partial charge < -0.3 is 24.6 Å². The third-order valence-electron chi connectivity index (χ3n) is 4.96. The highest BCUT2D eigenvalue weighted by Crippen LogP contribution is 2.32. The fourth-order valence-corrected chi connectivity index (χ4v) is 3.58. The van der Waals surface area contributed by atoms with Crippen LogP contribution in [0.25, 0.3) is 0 Å². The average Bonchev–Trinajstić information content (AvgIpc) is 3.16. The van der Waals surface area contributed by atoms with Gasteiger partial charge in [0.25, 0.3) is 0 Å². The van der Waals surface area contributed by atoms with Crippen LogP contribution in [0.3, 0.4) is 0 Å². The number of fused-ring (bicyclic) bond motifs is 1. The molecule has 1 fully saturated rings. The van der Waals surface area contributed by atoms with Crippen molar-refractivity contribution in [3.63, 3.8) is 0 Å². The lowest BCUT2D eigenvalue weighted by Crippen LogP contribution is -2.51. The standard InChI is InChI=1S/C20H22ClN3O3/c1-14-2-4-16(21)11-17(14)23-6-8-24(9-7-23)20(25)22-12-15-3-5-18-19(10-15)27-13-26-18/h2-5,10-11H,6-9,12-13H2,1H3,(H,22,25). The van der Waals surface area contributed by atoms with Crippen LogP contribution in [0.5, 0.6) is 11.5 Å². The smallest absolute Gasteiger partial charge is 0.317 e. The van der Waals surface area contributed by atoms with E-state index in [1.54, 1.807) is 0 Å². The Hall–Kier alpha value is -2.60. The molecule has 2 amide bonds. The van der Waals surface area contributed by atoms with E-state index in [1.807, 2.05) is 41.3 Å². The van der Waals surface area contributed by atoms with E-state index in [1.165, 1.54) is 5.56 Å². The van der Waals surface area contributed by atoms with E-state index < -0.39 is 0 Å². The van der Waals surface area contributed by atoms with Gasteiger partial charge in [0.05, 0.1) is 0 Å². The van der Waals surface area contributed by atoms with E-state index in [0.29, 0.717) is 19.6 Å². The molecule has 0 unspecified atom stereocenters. The Balaban J connectivity index is 1.30. The van der Waals surface area contributed by atoms with Crippen molar-refractivity contribution in [2.75, 3.05) is 37.9 Å². The average molecular weight is 388 g/mol. The second-order valence-electron chi connectivity index (χ2n) is 6.75. The van der Waals surface area contributed by atoms with Crippen molar-refractivity contribution in [1.82, 2.24) is 10.2 Å². The molecule has 7 heteroatoms. The zero-order valence-corrected chi connectivity index (χ0v) is 16.0. The van der Waals surface area contributed by atoms with E-state index in [4.69, 9.17) is 21.1 Å². The molecular weight excluding hydrogens is 366 g/mol. The second kappa shape index (κ2) is 7.56. The summed E-state index contributed by atoms with van der Waals surface area (Å²) in [6.07, 6.45) is 0. The van der Waals surface area contributed by atoms with E-state index >= 15 is 0 Å². The molecule has 1 N–H and O–H groups in total. The lowest BCUT2D eigenvalue weighted by Gasteiger charge is -2.36. The molecule has 0 spiro atoms. The topological polar surface area (TPSA) is 54.0 Å². The number of benzene rings is 2. The molecule has 0 saturated carbocycles. The van der Waals surface area contributed by atoms with Gasteiger partial charge in [-0.05, 0) is 42.3 Å². The van der Waals surface area contributed by atoms with Crippen LogP contribution in [0.2, 0.25) is 5.02 Å². The van der Waals surface area contributed by atoms with Crippen LogP contribution in [-0.4, -0.2) is 43.9 Å². The number of amides is 2. The minimum absolute atomic E-state index is 0.0462. The number of halogens is 1. The fraction of sp³-hybridized carbons (Fsp3) is 0.350. The molecule has 6 nitrogen and oxygen atoms in total. The SMILES string of the molecule is Cc1ccc(Cl)cc1N1CCN(C(=O)NCc2ccc3c(c2)OCO3)CC1. The summed E-state index contributed by atoms with van der Waals surface area (Å²) < 4.78 is 10.7. The summed E-state index contributed by atoms with van der Waals surface area (Å²) in [5.74, 6) is 1.48. The van der Waals surface area contributed by atoms with Gasteiger partial charge in [0.1, 0.15) is 0 Å². The first-order valence-electron chi connectivity index (χ1n) is 9.02. The van der Waals surface area contributed by atoms with Gasteiger partial charge >= 0.3 is 6.03 Å². The molecule has 0 aliphatic carbocycles. The van der Waals surface area contributed by atoms with E-state index in [9.17, 15) is 4.79 Å². The number of anilines is 1. The van der Waals surface area contributed by atoms with Crippen LogP contribution in [-0.2, 0) is 6.54 Å². The summed E-state index contributed by atoms with van der Waals surface area (Å²) >= 11 is 6.13. The normalized spacial score (nSPS) is 15.8. The first kappa shape index (κ1) is 17.8. The van der Waals surface area contributed by atoms with Gasteiger partial charge in [0, 0.05) is 43.4 Å². The number of hydrogen-bond acceptors (Lipinski definition) is 4. The Morgan fingerprint density at radius 1 is 1.07 bits per heavy atom. The summed E-state index contributed by atoms with van der Waals surface area (Å²) in [6, 6.07) is 11.6. The van der Waals surface area contributed by atoms with E-state index in [2.05, 4.69) is 17.1 Å². The van der Waals surface area contributed by atoms with Crippen LogP contribution in [0.4, 0.5) is 10.5 Å². The van der Waals surface area contributed by atoms with E-state index in [0.717, 1.165) is 40.9 Å². The molecule has 2 aromatic carbocycles. The number of nitrogens with zero attached hydrogens (tertiary/aromatic N) is 2. The van der Waals surface area contributed by atoms with Crippen molar-refractivity contribution in [3.8, 4) is 11.5 Å². The molecule has 2 aliphatic heterocycles. The number of carbonyl (C=O) groups is 1. The van der Waals surface area contributed by atoms with Crippen LogP contribution < -0.4 is 19.7 Å². The van der Waals surface area contributed by atoms with Crippen molar-refractivity contribution in [1.29, 1.82) is 0 Å². The van der Waals surface area contributed by atoms with Crippen LogP contribution in [0.15, 0.2) is 36.4 Å². The highest BCUT2D eigenvalue weighted by molar-refractivity contribution is 6.30. The lowest BCUT2D eigenvalue weighted by molar-refractivity contribution is 0.174. The Morgan fingerprint density at radius 2 is 1.85 bits per heavy atom. The summed E-state index contributed by atoms with van der Waals surface area (Å²) in [6.45, 7) is 5.73. The molecule has 4 rings (SSSR count). The first-order chi connectivity index (χ1) is 13.1. The number of nitrogens with one attached hydrogen (secondary N) is 1. The second-order valence-corrected chi connectivity index (χ2v) is 7.19. The Kier molecular flexibility index (Phi) is 4.99. The number of carbonyl (C=O) groups excluding carboxylic acids is 1. The Labute approximate surface area is 163 Å². The molecule has 2 heterocycles. The summed E-state index contributed by atoms with van der Waals surface area (Å²) in [5.41, 5.74) is 3.32. The number of piperazine rings is 1. The molecule has 1 saturated heterocycles. The first-order valence-corrected chi connectivity index (χ1v) is 9.40. The monoisotopic (exact) mass is 387 g/mol. The van der Waals surface area contributed by atoms with Crippen LogP contribution in [0, 0.1) is 6.92 Å². The minimum Gasteiger partial charge on any atom is -0.454 e. The fourth-order valence-electron chi connectivity index (χ4n) is 3.41. The maximum absolute atomic E-state index is 12.5. The number of ether oxygens (including phenoxy) is 2. The number of hydrogen-bond donors (Lipinski definition) is 1. The van der Waals surface area contributed by atoms with Crippen molar-refractivity contribution in [3.05, 3.63) is 52.5 Å². The molecule has 0 aromatic heterocycles. The van der Waals surface area contributed by atoms with Crippen molar-refractivity contribution in [2.45, 2.75) is 13.5 Å². The predicted molar refractivity (Wildman–Crippen MR) is 105 cm³/mol. The maximum Gasteiger partial charge on any atom is 0.317 e. The van der Waals surface area contributed by atoms with Crippen LogP contribution in [0.1, 0.15) is 11.1 Å². The van der Waals surface area contributed by atoms with Crippen molar-refractivity contribution < 1.29 is 14.3 Å². The van der Waals surface area contributed by atoms with Gasteiger partial charge in [0.2, 0.25) is 6.79 Å². The molecule has 0 radical (unpaired) electrons. The quantitative estimate of drug-likeness (QED) is 0.876. The van der Waals surface area contributed by atoms with Gasteiger partial charge in [-0.15, -0.1) is 0 Å². The van der Waals surface area contributed by atoms with Crippen molar-refractivity contribution >= 4 is 23.3 Å². The molecule has 142 valence electrons. The molecular formula is C20H22ClN3O3. The molecule has 27 heavy (non-hydrogen) atoms. The highest BCUT2D eigenvalue weighted by Gasteiger charge is 2.22.